The van der Waals surface area contributed by atoms with Crippen LogP contribution in [0.1, 0.15) is 12.5 Å². The Morgan fingerprint density at radius 2 is 2.25 bits per heavy atom. The highest BCUT2D eigenvalue weighted by molar-refractivity contribution is 5.85. The molecule has 0 radical (unpaired) electrons. The number of aromatic amines is 1. The van der Waals surface area contributed by atoms with Gasteiger partial charge in [0, 0.05) is 6.04 Å². The predicted molar refractivity (Wildman–Crippen MR) is 74.9 cm³/mol. The molecule has 3 aromatic rings. The molecule has 2 heterocycles. The van der Waals surface area contributed by atoms with Gasteiger partial charge in [0.1, 0.15) is 18.0 Å². The first kappa shape index (κ1) is 12.5. The van der Waals surface area contributed by atoms with Crippen molar-refractivity contribution in [3.63, 3.8) is 0 Å². The lowest BCUT2D eigenvalue weighted by atomic mass is 10.1. The van der Waals surface area contributed by atoms with Crippen LogP contribution in [0.4, 0.5) is 10.2 Å². The van der Waals surface area contributed by atoms with E-state index in [0.717, 1.165) is 16.8 Å². The molecule has 2 aromatic heterocycles. The summed E-state index contributed by atoms with van der Waals surface area (Å²) >= 11 is 0. The summed E-state index contributed by atoms with van der Waals surface area (Å²) in [5, 5.41) is 10.9. The van der Waals surface area contributed by atoms with Crippen molar-refractivity contribution in [1.82, 2.24) is 20.2 Å². The molecule has 5 nitrogen and oxygen atoms in total. The average molecular weight is 271 g/mol. The fourth-order valence-corrected chi connectivity index (χ4v) is 2.18. The molecule has 0 saturated heterocycles. The van der Waals surface area contributed by atoms with Gasteiger partial charge in [0.25, 0.3) is 0 Å². The summed E-state index contributed by atoms with van der Waals surface area (Å²) in [4.78, 5) is 8.31. The van der Waals surface area contributed by atoms with E-state index in [0.29, 0.717) is 12.1 Å². The highest BCUT2D eigenvalue weighted by Crippen LogP contribution is 2.18. The Balaban J connectivity index is 1.76. The van der Waals surface area contributed by atoms with Crippen LogP contribution < -0.4 is 5.32 Å². The van der Waals surface area contributed by atoms with Gasteiger partial charge in [-0.2, -0.15) is 5.10 Å². The second kappa shape index (κ2) is 5.24. The smallest absolute Gasteiger partial charge is 0.160 e. The van der Waals surface area contributed by atoms with E-state index >= 15 is 0 Å². The molecule has 1 unspecified atom stereocenters. The number of hydrogen-bond donors (Lipinski definition) is 2. The van der Waals surface area contributed by atoms with E-state index in [1.807, 2.05) is 13.0 Å². The van der Waals surface area contributed by atoms with Gasteiger partial charge >= 0.3 is 0 Å². The van der Waals surface area contributed by atoms with Crippen molar-refractivity contribution in [3.8, 4) is 0 Å². The summed E-state index contributed by atoms with van der Waals surface area (Å²) in [7, 11) is 0. The molecule has 2 N–H and O–H groups in total. The molecule has 102 valence electrons. The highest BCUT2D eigenvalue weighted by atomic mass is 19.1. The average Bonchev–Trinajstić information content (AvgIpc) is 2.88. The first-order chi connectivity index (χ1) is 9.72. The van der Waals surface area contributed by atoms with Crippen molar-refractivity contribution in [3.05, 3.63) is 48.2 Å². The predicted octanol–water partition coefficient (Wildman–Crippen LogP) is 2.54. The summed E-state index contributed by atoms with van der Waals surface area (Å²) in [6.45, 7) is 2.03. The number of nitrogens with one attached hydrogen (secondary N) is 2. The lowest BCUT2D eigenvalue weighted by molar-refractivity contribution is 0.624. The number of aromatic nitrogens is 4. The van der Waals surface area contributed by atoms with E-state index < -0.39 is 0 Å². The number of anilines is 1. The minimum Gasteiger partial charge on any atom is -0.367 e. The minimum absolute atomic E-state index is 0.116. The molecule has 1 atom stereocenters. The van der Waals surface area contributed by atoms with Crippen molar-refractivity contribution < 1.29 is 4.39 Å². The molecular weight excluding hydrogens is 257 g/mol. The van der Waals surface area contributed by atoms with Crippen LogP contribution in [0.2, 0.25) is 0 Å². The molecule has 0 amide bonds. The number of halogens is 1. The van der Waals surface area contributed by atoms with Gasteiger partial charge in [-0.1, -0.05) is 12.1 Å². The normalized spacial score (nSPS) is 12.5. The zero-order chi connectivity index (χ0) is 13.9. The Hall–Kier alpha value is -2.50. The van der Waals surface area contributed by atoms with Gasteiger partial charge in [-0.25, -0.2) is 14.4 Å². The third-order valence-corrected chi connectivity index (χ3v) is 3.06. The summed E-state index contributed by atoms with van der Waals surface area (Å²) in [6.07, 6.45) is 3.88. The van der Waals surface area contributed by atoms with Crippen molar-refractivity contribution in [2.75, 3.05) is 5.32 Å². The second-order valence-electron chi connectivity index (χ2n) is 4.73. The molecule has 0 bridgehead atoms. The van der Waals surface area contributed by atoms with E-state index in [2.05, 4.69) is 25.5 Å². The molecule has 0 aliphatic rings. The molecule has 0 aliphatic heterocycles. The molecule has 3 rings (SSSR count). The number of benzene rings is 1. The van der Waals surface area contributed by atoms with Gasteiger partial charge in [0.15, 0.2) is 5.65 Å². The lowest BCUT2D eigenvalue weighted by Crippen LogP contribution is -2.19. The molecule has 0 spiro atoms. The summed E-state index contributed by atoms with van der Waals surface area (Å²) < 4.78 is 13.2. The molecule has 0 saturated carbocycles. The maximum absolute atomic E-state index is 13.2. The topological polar surface area (TPSA) is 66.5 Å². The fourth-order valence-electron chi connectivity index (χ4n) is 2.18. The second-order valence-corrected chi connectivity index (χ2v) is 4.73. The third kappa shape index (κ3) is 2.59. The van der Waals surface area contributed by atoms with Crippen LogP contribution in [0.3, 0.4) is 0 Å². The van der Waals surface area contributed by atoms with Crippen LogP contribution in [-0.2, 0) is 6.42 Å². The molecular formula is C14H14FN5. The summed E-state index contributed by atoms with van der Waals surface area (Å²) in [5.74, 6) is 0.515. The standard InChI is InChI=1S/C14H14FN5/c1-9(5-10-3-2-4-11(15)6-10)19-13-12-7-18-20-14(12)17-8-16-13/h2-4,6-9H,5H2,1H3,(H2,16,17,18,19,20). The number of hydrogen-bond acceptors (Lipinski definition) is 4. The molecule has 6 heteroatoms. The number of fused-ring (bicyclic) bond motifs is 1. The third-order valence-electron chi connectivity index (χ3n) is 3.06. The monoisotopic (exact) mass is 271 g/mol. The minimum atomic E-state index is -0.214. The fraction of sp³-hybridized carbons (Fsp3) is 0.214. The first-order valence-corrected chi connectivity index (χ1v) is 6.37. The van der Waals surface area contributed by atoms with Gasteiger partial charge in [0.2, 0.25) is 0 Å². The number of rotatable bonds is 4. The van der Waals surface area contributed by atoms with E-state index in [1.165, 1.54) is 12.4 Å². The highest BCUT2D eigenvalue weighted by Gasteiger charge is 2.09. The van der Waals surface area contributed by atoms with E-state index in [-0.39, 0.29) is 11.9 Å². The Bertz CT molecular complexity index is 724. The molecule has 1 aromatic carbocycles. The Kier molecular flexibility index (Phi) is 3.28. The zero-order valence-corrected chi connectivity index (χ0v) is 11.0. The maximum Gasteiger partial charge on any atom is 0.160 e. The van der Waals surface area contributed by atoms with Crippen LogP contribution in [0.5, 0.6) is 0 Å². The van der Waals surface area contributed by atoms with Gasteiger partial charge in [0.05, 0.1) is 11.6 Å². The van der Waals surface area contributed by atoms with Crippen LogP contribution in [0.15, 0.2) is 36.8 Å². The van der Waals surface area contributed by atoms with Crippen molar-refractivity contribution in [2.24, 2.45) is 0 Å². The molecule has 0 fully saturated rings. The Labute approximate surface area is 115 Å². The van der Waals surface area contributed by atoms with Crippen molar-refractivity contribution in [1.29, 1.82) is 0 Å². The summed E-state index contributed by atoms with van der Waals surface area (Å²) in [6, 6.07) is 6.74. The van der Waals surface area contributed by atoms with Crippen molar-refractivity contribution in [2.45, 2.75) is 19.4 Å². The number of H-pyrrole nitrogens is 1. The Morgan fingerprint density at radius 1 is 1.35 bits per heavy atom. The van der Waals surface area contributed by atoms with Crippen LogP contribution >= 0.6 is 0 Å². The van der Waals surface area contributed by atoms with Crippen molar-refractivity contribution >= 4 is 16.9 Å². The largest absolute Gasteiger partial charge is 0.367 e. The van der Waals surface area contributed by atoms with Gasteiger partial charge in [-0.3, -0.25) is 5.10 Å². The van der Waals surface area contributed by atoms with Crippen LogP contribution in [0.25, 0.3) is 11.0 Å². The Morgan fingerprint density at radius 3 is 3.10 bits per heavy atom. The van der Waals surface area contributed by atoms with Gasteiger partial charge in [-0.05, 0) is 31.0 Å². The van der Waals surface area contributed by atoms with Crippen LogP contribution in [0, 0.1) is 5.82 Å². The molecule has 0 aliphatic carbocycles. The van der Waals surface area contributed by atoms with Gasteiger partial charge in [-0.15, -0.1) is 0 Å². The summed E-state index contributed by atoms with van der Waals surface area (Å²) in [5.41, 5.74) is 1.64. The quantitative estimate of drug-likeness (QED) is 0.765. The lowest BCUT2D eigenvalue weighted by Gasteiger charge is -2.14. The SMILES string of the molecule is CC(Cc1cccc(F)c1)Nc1ncnc2[nH]ncc12. The van der Waals surface area contributed by atoms with E-state index in [9.17, 15) is 4.39 Å². The van der Waals surface area contributed by atoms with Gasteiger partial charge < -0.3 is 5.32 Å². The van der Waals surface area contributed by atoms with E-state index in [4.69, 9.17) is 0 Å². The molecule has 20 heavy (non-hydrogen) atoms. The van der Waals surface area contributed by atoms with Crippen LogP contribution in [-0.4, -0.2) is 26.2 Å². The first-order valence-electron chi connectivity index (χ1n) is 6.37. The number of nitrogens with zero attached hydrogens (tertiary/aromatic N) is 3. The van der Waals surface area contributed by atoms with E-state index in [1.54, 1.807) is 18.3 Å². The maximum atomic E-state index is 13.2. The zero-order valence-electron chi connectivity index (χ0n) is 11.0.